The van der Waals surface area contributed by atoms with Crippen molar-refractivity contribution in [3.05, 3.63) is 28.2 Å². The minimum Gasteiger partial charge on any atom is -0.496 e. The van der Waals surface area contributed by atoms with E-state index in [2.05, 4.69) is 21.2 Å². The molecule has 1 aromatic carbocycles. The molecule has 0 bridgehead atoms. The Hall–Kier alpha value is -1.07. The van der Waals surface area contributed by atoms with Gasteiger partial charge in [-0.25, -0.2) is 4.79 Å². The van der Waals surface area contributed by atoms with Crippen LogP contribution in [0.4, 0.5) is 0 Å². The Kier molecular flexibility index (Phi) is 4.82. The number of ether oxygens (including phenoxy) is 2. The lowest BCUT2D eigenvalue weighted by Gasteiger charge is -2.17. The van der Waals surface area contributed by atoms with E-state index >= 15 is 0 Å². The molecule has 0 radical (unpaired) electrons. The predicted molar refractivity (Wildman–Crippen MR) is 76.2 cm³/mol. The monoisotopic (exact) mass is 327 g/mol. The number of benzene rings is 1. The van der Waals surface area contributed by atoms with Crippen LogP contribution in [-0.4, -0.2) is 26.7 Å². The summed E-state index contributed by atoms with van der Waals surface area (Å²) in [6.07, 6.45) is 2.49. The van der Waals surface area contributed by atoms with Crippen molar-refractivity contribution in [3.8, 4) is 5.75 Å². The van der Waals surface area contributed by atoms with Gasteiger partial charge >= 0.3 is 5.97 Å². The van der Waals surface area contributed by atoms with Crippen LogP contribution in [0.25, 0.3) is 0 Å². The van der Waals surface area contributed by atoms with Crippen molar-refractivity contribution in [3.63, 3.8) is 0 Å². The number of carbonyl (C=O) groups excluding carboxylic acids is 1. The molecule has 0 amide bonds. The molecule has 1 aliphatic rings. The van der Waals surface area contributed by atoms with Crippen LogP contribution in [0.15, 0.2) is 22.7 Å². The van der Waals surface area contributed by atoms with Crippen LogP contribution in [0.2, 0.25) is 0 Å². The van der Waals surface area contributed by atoms with Gasteiger partial charge in [-0.3, -0.25) is 0 Å². The second-order valence-electron chi connectivity index (χ2n) is 4.70. The standard InChI is InChI=1S/C14H18BrNO3/c1-18-12-6-5-10(7-11(12)15)13(14(17)19-2)16-8-9-3-4-9/h5-7,9,13,16H,3-4,8H2,1-2H3. The van der Waals surface area contributed by atoms with Crippen LogP contribution >= 0.6 is 15.9 Å². The van der Waals surface area contributed by atoms with Crippen molar-refractivity contribution in [2.24, 2.45) is 5.92 Å². The summed E-state index contributed by atoms with van der Waals surface area (Å²) in [5, 5.41) is 3.28. The third-order valence-electron chi connectivity index (χ3n) is 3.25. The fourth-order valence-corrected chi connectivity index (χ4v) is 2.48. The van der Waals surface area contributed by atoms with E-state index in [0.717, 1.165) is 22.3 Å². The molecule has 1 unspecified atom stereocenters. The Bertz CT molecular complexity index is 460. The molecular weight excluding hydrogens is 310 g/mol. The summed E-state index contributed by atoms with van der Waals surface area (Å²) in [6.45, 7) is 0.851. The first kappa shape index (κ1) is 14.3. The van der Waals surface area contributed by atoms with E-state index in [1.54, 1.807) is 7.11 Å². The second kappa shape index (κ2) is 6.39. The van der Waals surface area contributed by atoms with Gasteiger partial charge < -0.3 is 14.8 Å². The van der Waals surface area contributed by atoms with Crippen LogP contribution in [0, 0.1) is 5.92 Å². The first-order chi connectivity index (χ1) is 9.15. The quantitative estimate of drug-likeness (QED) is 0.816. The lowest BCUT2D eigenvalue weighted by molar-refractivity contribution is -0.143. The normalized spacial score (nSPS) is 15.9. The minimum atomic E-state index is -0.423. The van der Waals surface area contributed by atoms with E-state index in [0.29, 0.717) is 5.92 Å². The van der Waals surface area contributed by atoms with E-state index in [4.69, 9.17) is 9.47 Å². The number of methoxy groups -OCH3 is 2. The summed E-state index contributed by atoms with van der Waals surface area (Å²) >= 11 is 3.43. The van der Waals surface area contributed by atoms with E-state index < -0.39 is 6.04 Å². The maximum absolute atomic E-state index is 11.9. The molecule has 4 nitrogen and oxygen atoms in total. The highest BCUT2D eigenvalue weighted by atomic mass is 79.9. The van der Waals surface area contributed by atoms with Gasteiger partial charge in [0.1, 0.15) is 11.8 Å². The summed E-state index contributed by atoms with van der Waals surface area (Å²) in [5.74, 6) is 1.18. The fraction of sp³-hybridized carbons (Fsp3) is 0.500. The Morgan fingerprint density at radius 1 is 1.47 bits per heavy atom. The maximum Gasteiger partial charge on any atom is 0.327 e. The molecule has 1 aromatic rings. The number of hydrogen-bond donors (Lipinski definition) is 1. The molecule has 1 atom stereocenters. The molecule has 1 N–H and O–H groups in total. The van der Waals surface area contributed by atoms with Crippen molar-refractivity contribution in [1.29, 1.82) is 0 Å². The smallest absolute Gasteiger partial charge is 0.327 e. The highest BCUT2D eigenvalue weighted by Crippen LogP contribution is 2.31. The average Bonchev–Trinajstić information content (AvgIpc) is 3.23. The summed E-state index contributed by atoms with van der Waals surface area (Å²) < 4.78 is 10.9. The van der Waals surface area contributed by atoms with Gasteiger partial charge in [-0.1, -0.05) is 6.07 Å². The van der Waals surface area contributed by atoms with Gasteiger partial charge in [-0.2, -0.15) is 0 Å². The minimum absolute atomic E-state index is 0.266. The zero-order valence-corrected chi connectivity index (χ0v) is 12.7. The first-order valence-electron chi connectivity index (χ1n) is 6.30. The molecule has 1 saturated carbocycles. The topological polar surface area (TPSA) is 47.6 Å². The van der Waals surface area contributed by atoms with Gasteiger partial charge in [0.25, 0.3) is 0 Å². The van der Waals surface area contributed by atoms with Gasteiger partial charge in [0.05, 0.1) is 18.7 Å². The van der Waals surface area contributed by atoms with E-state index in [1.165, 1.54) is 20.0 Å². The highest BCUT2D eigenvalue weighted by molar-refractivity contribution is 9.10. The molecule has 2 rings (SSSR count). The second-order valence-corrected chi connectivity index (χ2v) is 5.56. The lowest BCUT2D eigenvalue weighted by atomic mass is 10.1. The van der Waals surface area contributed by atoms with Crippen LogP contribution < -0.4 is 10.1 Å². The average molecular weight is 328 g/mol. The number of esters is 1. The number of hydrogen-bond acceptors (Lipinski definition) is 4. The van der Waals surface area contributed by atoms with Crippen LogP contribution in [0.5, 0.6) is 5.75 Å². The molecule has 104 valence electrons. The van der Waals surface area contributed by atoms with Gasteiger partial charge in [0.15, 0.2) is 0 Å². The Balaban J connectivity index is 2.15. The molecule has 19 heavy (non-hydrogen) atoms. The van der Waals surface area contributed by atoms with E-state index in [1.807, 2.05) is 18.2 Å². The van der Waals surface area contributed by atoms with Crippen molar-refractivity contribution in [2.75, 3.05) is 20.8 Å². The predicted octanol–water partition coefficient (Wildman–Crippen LogP) is 2.67. The molecule has 0 heterocycles. The maximum atomic E-state index is 11.9. The lowest BCUT2D eigenvalue weighted by Crippen LogP contribution is -2.31. The van der Waals surface area contributed by atoms with Crippen LogP contribution in [-0.2, 0) is 9.53 Å². The number of carbonyl (C=O) groups is 1. The molecule has 5 heteroatoms. The first-order valence-corrected chi connectivity index (χ1v) is 7.09. The third kappa shape index (κ3) is 3.70. The van der Waals surface area contributed by atoms with Gasteiger partial charge in [0.2, 0.25) is 0 Å². The molecule has 1 fully saturated rings. The summed E-state index contributed by atoms with van der Waals surface area (Å²) in [6, 6.07) is 5.19. The van der Waals surface area contributed by atoms with Crippen molar-refractivity contribution in [2.45, 2.75) is 18.9 Å². The van der Waals surface area contributed by atoms with Gasteiger partial charge in [-0.05, 0) is 58.9 Å². The highest BCUT2D eigenvalue weighted by Gasteiger charge is 2.26. The Morgan fingerprint density at radius 3 is 2.74 bits per heavy atom. The van der Waals surface area contributed by atoms with Crippen molar-refractivity contribution < 1.29 is 14.3 Å². The molecule has 0 aliphatic heterocycles. The summed E-state index contributed by atoms with van der Waals surface area (Å²) in [7, 11) is 3.02. The van der Waals surface area contributed by atoms with Gasteiger partial charge in [0, 0.05) is 0 Å². The van der Waals surface area contributed by atoms with E-state index in [-0.39, 0.29) is 5.97 Å². The van der Waals surface area contributed by atoms with E-state index in [9.17, 15) is 4.79 Å². The zero-order valence-electron chi connectivity index (χ0n) is 11.1. The SMILES string of the molecule is COC(=O)C(NCC1CC1)c1ccc(OC)c(Br)c1. The van der Waals surface area contributed by atoms with Gasteiger partial charge in [-0.15, -0.1) is 0 Å². The molecule has 0 saturated heterocycles. The van der Waals surface area contributed by atoms with Crippen LogP contribution in [0.3, 0.4) is 0 Å². The number of rotatable bonds is 6. The van der Waals surface area contributed by atoms with Crippen LogP contribution in [0.1, 0.15) is 24.4 Å². The van der Waals surface area contributed by atoms with Crippen molar-refractivity contribution >= 4 is 21.9 Å². The molecule has 0 aromatic heterocycles. The third-order valence-corrected chi connectivity index (χ3v) is 3.87. The molecule has 1 aliphatic carbocycles. The summed E-state index contributed by atoms with van der Waals surface area (Å²) in [4.78, 5) is 11.9. The largest absolute Gasteiger partial charge is 0.496 e. The molecule has 0 spiro atoms. The summed E-state index contributed by atoms with van der Waals surface area (Å²) in [5.41, 5.74) is 0.875. The number of nitrogens with one attached hydrogen (secondary N) is 1. The van der Waals surface area contributed by atoms with Crippen molar-refractivity contribution in [1.82, 2.24) is 5.32 Å². The Labute approximate surface area is 121 Å². The zero-order chi connectivity index (χ0) is 13.8. The molecular formula is C14H18BrNO3. The Morgan fingerprint density at radius 2 is 2.21 bits per heavy atom. The number of halogens is 1. The fourth-order valence-electron chi connectivity index (χ4n) is 1.92.